The fraction of sp³-hybridized carbons (Fsp3) is 0.0833. The average molecular weight is 416 g/mol. The molecule has 156 valence electrons. The molecule has 4 rings (SSSR count). The quantitative estimate of drug-likeness (QED) is 0.434. The van der Waals surface area contributed by atoms with Gasteiger partial charge in [0.1, 0.15) is 12.0 Å². The predicted octanol–water partition coefficient (Wildman–Crippen LogP) is 4.33. The van der Waals surface area contributed by atoms with E-state index in [2.05, 4.69) is 10.6 Å². The molecule has 0 saturated carbocycles. The molecule has 0 aliphatic rings. The van der Waals surface area contributed by atoms with Crippen molar-refractivity contribution in [2.24, 2.45) is 0 Å². The molecular formula is C24H20N2O5. The lowest BCUT2D eigenvalue weighted by molar-refractivity contribution is 0.0950. The molecule has 0 spiro atoms. The number of hydrogen-bond donors (Lipinski definition) is 3. The van der Waals surface area contributed by atoms with Crippen molar-refractivity contribution in [2.75, 3.05) is 12.4 Å². The van der Waals surface area contributed by atoms with E-state index in [0.29, 0.717) is 34.5 Å². The van der Waals surface area contributed by atoms with Gasteiger partial charge in [-0.3, -0.25) is 9.59 Å². The Hall–Kier alpha value is -4.26. The summed E-state index contributed by atoms with van der Waals surface area (Å²) < 4.78 is 10.8. The first kappa shape index (κ1) is 20.0. The highest BCUT2D eigenvalue weighted by Crippen LogP contribution is 2.29. The zero-order valence-corrected chi connectivity index (χ0v) is 16.7. The van der Waals surface area contributed by atoms with Crippen molar-refractivity contribution >= 4 is 28.5 Å². The number of para-hydroxylation sites is 2. The predicted molar refractivity (Wildman–Crippen MR) is 116 cm³/mol. The molecule has 4 aromatic rings. The molecule has 1 heterocycles. The summed E-state index contributed by atoms with van der Waals surface area (Å²) in [5.74, 6) is -0.174. The highest BCUT2D eigenvalue weighted by Gasteiger charge is 2.16. The molecule has 7 nitrogen and oxygen atoms in total. The van der Waals surface area contributed by atoms with Crippen LogP contribution in [0.4, 0.5) is 5.69 Å². The molecule has 1 aromatic heterocycles. The number of rotatable bonds is 6. The largest absolute Gasteiger partial charge is 0.507 e. The third-order valence-corrected chi connectivity index (χ3v) is 4.84. The van der Waals surface area contributed by atoms with Crippen LogP contribution in [0.3, 0.4) is 0 Å². The van der Waals surface area contributed by atoms with E-state index < -0.39 is 5.91 Å². The van der Waals surface area contributed by atoms with Gasteiger partial charge >= 0.3 is 0 Å². The van der Waals surface area contributed by atoms with E-state index in [1.54, 1.807) is 67.8 Å². The molecule has 3 N–H and O–H groups in total. The lowest BCUT2D eigenvalue weighted by Crippen LogP contribution is -2.22. The number of methoxy groups -OCH3 is 1. The van der Waals surface area contributed by atoms with E-state index >= 15 is 0 Å². The Kier molecular flexibility index (Phi) is 5.57. The summed E-state index contributed by atoms with van der Waals surface area (Å²) in [6.07, 6.45) is 1.42. The van der Waals surface area contributed by atoms with Gasteiger partial charge in [0, 0.05) is 17.6 Å². The standard InChI is InChI=1S/C24H20N2O5/c1-30-21-8-4-6-17-19(14-31-22(17)21)23(28)25-13-15-9-11-16(12-10-15)26-24(29)18-5-2-3-7-20(18)27/h2-12,14,27H,13H2,1H3,(H,25,28)(H,26,29). The second kappa shape index (κ2) is 8.62. The Bertz CT molecular complexity index is 1240. The van der Waals surface area contributed by atoms with Crippen LogP contribution in [0.25, 0.3) is 11.0 Å². The van der Waals surface area contributed by atoms with Crippen LogP contribution in [0.15, 0.2) is 77.4 Å². The molecular weight excluding hydrogens is 396 g/mol. The van der Waals surface area contributed by atoms with Crippen molar-refractivity contribution in [2.45, 2.75) is 6.54 Å². The summed E-state index contributed by atoms with van der Waals surface area (Å²) >= 11 is 0. The van der Waals surface area contributed by atoms with Crippen molar-refractivity contribution in [1.29, 1.82) is 0 Å². The minimum Gasteiger partial charge on any atom is -0.507 e. The number of carbonyl (C=O) groups is 2. The zero-order chi connectivity index (χ0) is 21.8. The number of aromatic hydroxyl groups is 1. The molecule has 0 aliphatic carbocycles. The van der Waals surface area contributed by atoms with E-state index in [1.807, 2.05) is 0 Å². The van der Waals surface area contributed by atoms with E-state index in [0.717, 1.165) is 5.56 Å². The molecule has 0 bridgehead atoms. The number of carbonyl (C=O) groups excluding carboxylic acids is 2. The molecule has 0 radical (unpaired) electrons. The summed E-state index contributed by atoms with van der Waals surface area (Å²) in [5.41, 5.74) is 2.60. The Morgan fingerprint density at radius 3 is 2.45 bits per heavy atom. The topological polar surface area (TPSA) is 101 Å². The van der Waals surface area contributed by atoms with Crippen LogP contribution < -0.4 is 15.4 Å². The fourth-order valence-corrected chi connectivity index (χ4v) is 3.21. The average Bonchev–Trinajstić information content (AvgIpc) is 3.23. The molecule has 0 fully saturated rings. The number of hydrogen-bond acceptors (Lipinski definition) is 5. The minimum absolute atomic E-state index is 0.0799. The van der Waals surface area contributed by atoms with E-state index in [9.17, 15) is 14.7 Å². The van der Waals surface area contributed by atoms with Crippen molar-refractivity contribution in [1.82, 2.24) is 5.32 Å². The number of nitrogens with one attached hydrogen (secondary N) is 2. The summed E-state index contributed by atoms with van der Waals surface area (Å²) in [6, 6.07) is 18.8. The van der Waals surface area contributed by atoms with E-state index in [4.69, 9.17) is 9.15 Å². The van der Waals surface area contributed by atoms with Crippen LogP contribution in [0, 0.1) is 0 Å². The third-order valence-electron chi connectivity index (χ3n) is 4.84. The van der Waals surface area contributed by atoms with Crippen LogP contribution in [-0.4, -0.2) is 24.0 Å². The highest BCUT2D eigenvalue weighted by atomic mass is 16.5. The normalized spacial score (nSPS) is 10.6. The van der Waals surface area contributed by atoms with E-state index in [1.165, 1.54) is 12.3 Å². The number of phenolic OH excluding ortho intramolecular Hbond substituents is 1. The molecule has 0 atom stereocenters. The Morgan fingerprint density at radius 1 is 0.935 bits per heavy atom. The lowest BCUT2D eigenvalue weighted by atomic mass is 10.1. The van der Waals surface area contributed by atoms with Crippen LogP contribution >= 0.6 is 0 Å². The van der Waals surface area contributed by atoms with Crippen molar-refractivity contribution in [3.05, 3.63) is 89.7 Å². The SMILES string of the molecule is COc1cccc2c(C(=O)NCc3ccc(NC(=O)c4ccccc4O)cc3)coc12. The summed E-state index contributed by atoms with van der Waals surface area (Å²) in [6.45, 7) is 0.309. The van der Waals surface area contributed by atoms with Gasteiger partial charge in [0.15, 0.2) is 11.3 Å². The van der Waals surface area contributed by atoms with Crippen molar-refractivity contribution in [3.8, 4) is 11.5 Å². The first-order valence-electron chi connectivity index (χ1n) is 9.57. The van der Waals surface area contributed by atoms with Gasteiger partial charge < -0.3 is 24.9 Å². The minimum atomic E-state index is -0.401. The maximum Gasteiger partial charge on any atom is 0.259 e. The summed E-state index contributed by atoms with van der Waals surface area (Å²) in [7, 11) is 1.55. The van der Waals surface area contributed by atoms with Crippen molar-refractivity contribution in [3.63, 3.8) is 0 Å². The summed E-state index contributed by atoms with van der Waals surface area (Å²) in [4.78, 5) is 24.9. The maximum absolute atomic E-state index is 12.6. The Balaban J connectivity index is 1.39. The van der Waals surface area contributed by atoms with Gasteiger partial charge in [-0.25, -0.2) is 0 Å². The van der Waals surface area contributed by atoms with Gasteiger partial charge in [-0.1, -0.05) is 36.4 Å². The van der Waals surface area contributed by atoms with Gasteiger partial charge in [-0.05, 0) is 35.9 Å². The first-order valence-corrected chi connectivity index (χ1v) is 9.57. The number of amides is 2. The van der Waals surface area contributed by atoms with Crippen LogP contribution in [0.2, 0.25) is 0 Å². The monoisotopic (exact) mass is 416 g/mol. The smallest absolute Gasteiger partial charge is 0.259 e. The zero-order valence-electron chi connectivity index (χ0n) is 16.7. The molecule has 0 aliphatic heterocycles. The van der Waals surface area contributed by atoms with Crippen LogP contribution in [0.1, 0.15) is 26.3 Å². The highest BCUT2D eigenvalue weighted by molar-refractivity contribution is 6.07. The molecule has 3 aromatic carbocycles. The second-order valence-electron chi connectivity index (χ2n) is 6.84. The molecule has 0 saturated heterocycles. The Labute approximate surface area is 178 Å². The van der Waals surface area contributed by atoms with Gasteiger partial charge in [0.25, 0.3) is 11.8 Å². The molecule has 31 heavy (non-hydrogen) atoms. The maximum atomic E-state index is 12.6. The molecule has 7 heteroatoms. The third kappa shape index (κ3) is 4.20. The van der Waals surface area contributed by atoms with Gasteiger partial charge in [-0.2, -0.15) is 0 Å². The number of anilines is 1. The first-order chi connectivity index (χ1) is 15.1. The van der Waals surface area contributed by atoms with Gasteiger partial charge in [-0.15, -0.1) is 0 Å². The molecule has 2 amide bonds. The lowest BCUT2D eigenvalue weighted by Gasteiger charge is -2.08. The van der Waals surface area contributed by atoms with Gasteiger partial charge in [0.2, 0.25) is 0 Å². The number of phenols is 1. The van der Waals surface area contributed by atoms with Gasteiger partial charge in [0.05, 0.1) is 18.2 Å². The molecule has 0 unspecified atom stereocenters. The van der Waals surface area contributed by atoms with Crippen LogP contribution in [0.5, 0.6) is 11.5 Å². The second-order valence-corrected chi connectivity index (χ2v) is 6.84. The Morgan fingerprint density at radius 2 is 1.71 bits per heavy atom. The van der Waals surface area contributed by atoms with Crippen LogP contribution in [-0.2, 0) is 6.54 Å². The summed E-state index contributed by atoms with van der Waals surface area (Å²) in [5, 5.41) is 16.1. The fourth-order valence-electron chi connectivity index (χ4n) is 3.21. The number of fused-ring (bicyclic) bond motifs is 1. The van der Waals surface area contributed by atoms with Crippen molar-refractivity contribution < 1.29 is 23.8 Å². The van der Waals surface area contributed by atoms with E-state index in [-0.39, 0.29) is 17.2 Å². The number of benzene rings is 3. The number of ether oxygens (including phenoxy) is 1. The number of furan rings is 1.